The molecule has 1 unspecified atom stereocenters. The maximum Gasteiger partial charge on any atom is 0.279 e. The molecule has 44 heavy (non-hydrogen) atoms. The van der Waals surface area contributed by atoms with Gasteiger partial charge in [-0.15, -0.1) is 23.5 Å². The predicted octanol–water partition coefficient (Wildman–Crippen LogP) is 6.14. The normalized spacial score (nSPS) is 17.4. The average molecular weight is 626 g/mol. The van der Waals surface area contributed by atoms with Crippen LogP contribution >= 0.6 is 23.5 Å². The van der Waals surface area contributed by atoms with Crippen molar-refractivity contribution in [3.05, 3.63) is 101 Å². The fraction of sp³-hybridized carbons (Fsp3) is 0.273. The maximum absolute atomic E-state index is 14.0. The molecular formula is C33H31N5O4S2. The molecule has 1 aromatic heterocycles. The lowest BCUT2D eigenvalue weighted by Gasteiger charge is -2.38. The molecule has 0 saturated carbocycles. The number of aromatic nitrogens is 2. The van der Waals surface area contributed by atoms with E-state index in [9.17, 15) is 14.9 Å². The van der Waals surface area contributed by atoms with Crippen molar-refractivity contribution in [3.63, 3.8) is 0 Å². The number of amides is 2. The Bertz CT molecular complexity index is 1760. The molecule has 0 radical (unpaired) electrons. The van der Waals surface area contributed by atoms with Crippen molar-refractivity contribution in [2.45, 2.75) is 30.0 Å². The standard InChI is InChI=1S/C33H31N5O4S2/c1-21-20-37-30(28(19-35-37)36-31(39)22-8-13-29(42-3)23(16-22)18-34)32(40)38(21)26-11-9-24(10-12-26)33(43-14-5-15-44-33)25-6-4-7-27(17-25)41-2/h4,6-13,16-17,19,21H,5,14-15,20H2,1-3H3,(H,36,39). The van der Waals surface area contributed by atoms with E-state index in [1.807, 2.05) is 60.8 Å². The Labute approximate surface area is 264 Å². The number of nitriles is 1. The second-order valence-electron chi connectivity index (χ2n) is 10.5. The second-order valence-corrected chi connectivity index (χ2v) is 13.4. The number of hydrogen-bond donors (Lipinski definition) is 1. The van der Waals surface area contributed by atoms with E-state index in [0.717, 1.165) is 34.9 Å². The molecule has 2 amide bonds. The summed E-state index contributed by atoms with van der Waals surface area (Å²) in [4.78, 5) is 28.9. The zero-order valence-electron chi connectivity index (χ0n) is 24.6. The van der Waals surface area contributed by atoms with Gasteiger partial charge < -0.3 is 19.7 Å². The Morgan fingerprint density at radius 1 is 1.05 bits per heavy atom. The first kappa shape index (κ1) is 29.7. The lowest BCUT2D eigenvalue weighted by atomic mass is 10.0. The van der Waals surface area contributed by atoms with Crippen LogP contribution < -0.4 is 19.7 Å². The van der Waals surface area contributed by atoms with Gasteiger partial charge in [-0.1, -0.05) is 24.3 Å². The summed E-state index contributed by atoms with van der Waals surface area (Å²) < 4.78 is 12.1. The lowest BCUT2D eigenvalue weighted by Crippen LogP contribution is -2.47. The van der Waals surface area contributed by atoms with Crippen LogP contribution in [0.25, 0.3) is 0 Å². The number of rotatable bonds is 7. The molecule has 224 valence electrons. The van der Waals surface area contributed by atoms with Crippen LogP contribution in [-0.4, -0.2) is 53.4 Å². The van der Waals surface area contributed by atoms with Crippen LogP contribution in [0.2, 0.25) is 0 Å². The number of carbonyl (C=O) groups excluding carboxylic acids is 2. The number of carbonyl (C=O) groups is 2. The smallest absolute Gasteiger partial charge is 0.279 e. The van der Waals surface area contributed by atoms with E-state index < -0.39 is 5.91 Å². The third-order valence-electron chi connectivity index (χ3n) is 7.84. The van der Waals surface area contributed by atoms with Crippen LogP contribution in [0.3, 0.4) is 0 Å². The van der Waals surface area contributed by atoms with Gasteiger partial charge in [0, 0.05) is 11.3 Å². The molecule has 2 aliphatic rings. The van der Waals surface area contributed by atoms with Crippen LogP contribution in [0.4, 0.5) is 11.4 Å². The minimum Gasteiger partial charge on any atom is -0.497 e. The number of benzene rings is 3. The van der Waals surface area contributed by atoms with Gasteiger partial charge >= 0.3 is 0 Å². The third kappa shape index (κ3) is 5.29. The number of nitrogens with one attached hydrogen (secondary N) is 1. The fourth-order valence-corrected chi connectivity index (χ4v) is 9.05. The quantitative estimate of drug-likeness (QED) is 0.261. The SMILES string of the molecule is COc1cccc(C2(c3ccc(N4C(=O)c5c(NC(=O)c6ccc(OC)c(C#N)c6)cnn5CC4C)cc3)SCCCS2)c1. The zero-order chi connectivity index (χ0) is 30.8. The highest BCUT2D eigenvalue weighted by molar-refractivity contribution is 8.18. The molecule has 1 atom stereocenters. The predicted molar refractivity (Wildman–Crippen MR) is 174 cm³/mol. The highest BCUT2D eigenvalue weighted by Gasteiger charge is 2.39. The molecule has 11 heteroatoms. The number of methoxy groups -OCH3 is 2. The molecule has 0 bridgehead atoms. The second kappa shape index (κ2) is 12.3. The minimum absolute atomic E-state index is 0.158. The van der Waals surface area contributed by atoms with Gasteiger partial charge in [-0.25, -0.2) is 0 Å². The molecule has 1 N–H and O–H groups in total. The molecule has 2 aliphatic heterocycles. The number of nitrogens with zero attached hydrogens (tertiary/aromatic N) is 4. The Kier molecular flexibility index (Phi) is 8.29. The van der Waals surface area contributed by atoms with Gasteiger partial charge in [0.1, 0.15) is 27.3 Å². The van der Waals surface area contributed by atoms with Crippen molar-refractivity contribution in [1.82, 2.24) is 9.78 Å². The van der Waals surface area contributed by atoms with Gasteiger partial charge in [0.05, 0.1) is 44.3 Å². The van der Waals surface area contributed by atoms with Crippen LogP contribution in [-0.2, 0) is 10.6 Å². The highest BCUT2D eigenvalue weighted by atomic mass is 32.2. The van der Waals surface area contributed by atoms with Crippen LogP contribution in [0.5, 0.6) is 11.5 Å². The van der Waals surface area contributed by atoms with Crippen molar-refractivity contribution in [2.75, 3.05) is 35.9 Å². The number of thioether (sulfide) groups is 2. The van der Waals surface area contributed by atoms with Gasteiger partial charge in [0.15, 0.2) is 0 Å². The summed E-state index contributed by atoms with van der Waals surface area (Å²) in [7, 11) is 3.15. The molecule has 3 aromatic carbocycles. The van der Waals surface area contributed by atoms with Gasteiger partial charge in [-0.2, -0.15) is 10.4 Å². The highest BCUT2D eigenvalue weighted by Crippen LogP contribution is 2.55. The fourth-order valence-electron chi connectivity index (χ4n) is 5.69. The van der Waals surface area contributed by atoms with Crippen molar-refractivity contribution < 1.29 is 19.1 Å². The molecular weight excluding hydrogens is 595 g/mol. The number of ether oxygens (including phenoxy) is 2. The molecule has 1 saturated heterocycles. The van der Waals surface area contributed by atoms with Crippen molar-refractivity contribution >= 4 is 46.7 Å². The third-order valence-corrected chi connectivity index (χ3v) is 11.3. The number of anilines is 2. The van der Waals surface area contributed by atoms with Gasteiger partial charge in [0.2, 0.25) is 0 Å². The molecule has 3 heterocycles. The van der Waals surface area contributed by atoms with E-state index in [1.165, 1.54) is 24.9 Å². The molecule has 9 nitrogen and oxygen atoms in total. The average Bonchev–Trinajstić information content (AvgIpc) is 3.47. The Morgan fingerprint density at radius 2 is 1.82 bits per heavy atom. The van der Waals surface area contributed by atoms with Crippen molar-refractivity contribution in [1.29, 1.82) is 5.26 Å². The first-order chi connectivity index (χ1) is 21.4. The van der Waals surface area contributed by atoms with Crippen LogP contribution in [0.1, 0.15) is 50.9 Å². The van der Waals surface area contributed by atoms with Crippen molar-refractivity contribution in [2.24, 2.45) is 0 Å². The Morgan fingerprint density at radius 3 is 2.52 bits per heavy atom. The van der Waals surface area contributed by atoms with E-state index in [2.05, 4.69) is 34.7 Å². The summed E-state index contributed by atoms with van der Waals surface area (Å²) in [6.45, 7) is 2.46. The first-order valence-electron chi connectivity index (χ1n) is 14.2. The summed E-state index contributed by atoms with van der Waals surface area (Å²) in [5, 5.41) is 16.6. The molecule has 0 spiro atoms. The van der Waals surface area contributed by atoms with Crippen molar-refractivity contribution in [3.8, 4) is 17.6 Å². The number of fused-ring (bicyclic) bond motifs is 1. The summed E-state index contributed by atoms with van der Waals surface area (Å²) in [5.74, 6) is 2.62. The molecule has 6 rings (SSSR count). The first-order valence-corrected chi connectivity index (χ1v) is 16.2. The van der Waals surface area contributed by atoms with Crippen LogP contribution in [0, 0.1) is 11.3 Å². The van der Waals surface area contributed by atoms with E-state index in [4.69, 9.17) is 9.47 Å². The molecule has 0 aliphatic carbocycles. The largest absolute Gasteiger partial charge is 0.497 e. The van der Waals surface area contributed by atoms with E-state index >= 15 is 0 Å². The Hall–Kier alpha value is -4.40. The summed E-state index contributed by atoms with van der Waals surface area (Å²) in [6.07, 6.45) is 2.65. The summed E-state index contributed by atoms with van der Waals surface area (Å²) in [5.41, 5.74) is 4.26. The summed E-state index contributed by atoms with van der Waals surface area (Å²) >= 11 is 3.86. The topological polar surface area (TPSA) is 109 Å². The number of hydrogen-bond acceptors (Lipinski definition) is 8. The van der Waals surface area contributed by atoms with E-state index in [-0.39, 0.29) is 27.2 Å². The van der Waals surface area contributed by atoms with Gasteiger partial charge in [0.25, 0.3) is 11.8 Å². The van der Waals surface area contributed by atoms with Gasteiger partial charge in [-0.3, -0.25) is 14.3 Å². The molecule has 4 aromatic rings. The van der Waals surface area contributed by atoms with E-state index in [0.29, 0.717) is 23.7 Å². The van der Waals surface area contributed by atoms with E-state index in [1.54, 1.807) is 28.8 Å². The maximum atomic E-state index is 14.0. The Balaban J connectivity index is 1.28. The monoisotopic (exact) mass is 625 g/mol. The van der Waals surface area contributed by atoms with Gasteiger partial charge in [-0.05, 0) is 78.4 Å². The lowest BCUT2D eigenvalue weighted by molar-refractivity contribution is 0.0948. The molecule has 1 fully saturated rings. The zero-order valence-corrected chi connectivity index (χ0v) is 26.2. The summed E-state index contributed by atoms with van der Waals surface area (Å²) in [6, 6.07) is 23.0. The minimum atomic E-state index is -0.451. The van der Waals surface area contributed by atoms with Crippen LogP contribution in [0.15, 0.2) is 72.9 Å².